The maximum absolute atomic E-state index is 12.2. The van der Waals surface area contributed by atoms with E-state index in [0.717, 1.165) is 5.56 Å². The maximum Gasteiger partial charge on any atom is 0.239 e. The quantitative estimate of drug-likeness (QED) is 0.882. The Morgan fingerprint density at radius 2 is 2.00 bits per heavy atom. The fraction of sp³-hybridized carbons (Fsp3) is 0.533. The van der Waals surface area contributed by atoms with Gasteiger partial charge in [-0.15, -0.1) is 0 Å². The zero-order valence-corrected chi connectivity index (χ0v) is 11.7. The summed E-state index contributed by atoms with van der Waals surface area (Å²) in [5.74, 6) is -0.00997. The number of hydrogen-bond acceptors (Lipinski definition) is 3. The smallest absolute Gasteiger partial charge is 0.239 e. The molecule has 4 nitrogen and oxygen atoms in total. The van der Waals surface area contributed by atoms with Gasteiger partial charge in [0.25, 0.3) is 0 Å². The van der Waals surface area contributed by atoms with Crippen LogP contribution in [-0.2, 0) is 9.53 Å². The Morgan fingerprint density at radius 1 is 1.37 bits per heavy atom. The van der Waals surface area contributed by atoms with E-state index in [0.29, 0.717) is 6.61 Å². The molecule has 1 amide bonds. The predicted octanol–water partition coefficient (Wildman–Crippen LogP) is 1.71. The minimum atomic E-state index is -0.473. The lowest BCUT2D eigenvalue weighted by Crippen LogP contribution is -2.57. The van der Waals surface area contributed by atoms with Crippen molar-refractivity contribution in [2.24, 2.45) is 5.73 Å². The molecule has 0 bridgehead atoms. The molecule has 2 N–H and O–H groups in total. The highest BCUT2D eigenvalue weighted by Gasteiger charge is 2.37. The van der Waals surface area contributed by atoms with E-state index in [1.807, 2.05) is 49.1 Å². The molecule has 3 unspecified atom stereocenters. The van der Waals surface area contributed by atoms with E-state index in [-0.39, 0.29) is 24.1 Å². The molecule has 0 saturated carbocycles. The maximum atomic E-state index is 12.2. The second-order valence-electron chi connectivity index (χ2n) is 5.29. The highest BCUT2D eigenvalue weighted by molar-refractivity contribution is 5.82. The fourth-order valence-corrected chi connectivity index (χ4v) is 2.68. The van der Waals surface area contributed by atoms with Crippen LogP contribution in [0.3, 0.4) is 0 Å². The molecular weight excluding hydrogens is 240 g/mol. The molecule has 1 heterocycles. The predicted molar refractivity (Wildman–Crippen MR) is 74.6 cm³/mol. The van der Waals surface area contributed by atoms with E-state index >= 15 is 0 Å². The van der Waals surface area contributed by atoms with E-state index in [1.54, 1.807) is 6.92 Å². The average molecular weight is 262 g/mol. The highest BCUT2D eigenvalue weighted by atomic mass is 16.5. The second-order valence-corrected chi connectivity index (χ2v) is 5.29. The number of benzene rings is 1. The van der Waals surface area contributed by atoms with Crippen LogP contribution in [0.2, 0.25) is 0 Å². The van der Waals surface area contributed by atoms with Crippen molar-refractivity contribution in [3.8, 4) is 0 Å². The standard InChI is InChI=1S/C15H22N2O2/c1-10-9-19-14(13-7-5-4-6-8-13)12(3)17(10)15(18)11(2)16/h4-8,10-12,14H,9,16H2,1-3H3/t10?,11-,12?,14?/m1/s1. The summed E-state index contributed by atoms with van der Waals surface area (Å²) in [7, 11) is 0. The summed E-state index contributed by atoms with van der Waals surface area (Å²) in [5, 5.41) is 0. The van der Waals surface area contributed by atoms with Crippen LogP contribution < -0.4 is 5.73 Å². The van der Waals surface area contributed by atoms with E-state index in [1.165, 1.54) is 0 Å². The van der Waals surface area contributed by atoms with Gasteiger partial charge in [-0.3, -0.25) is 4.79 Å². The molecule has 2 rings (SSSR count). The summed E-state index contributed by atoms with van der Waals surface area (Å²) in [4.78, 5) is 14.1. The number of amides is 1. The van der Waals surface area contributed by atoms with Crippen molar-refractivity contribution in [1.82, 2.24) is 4.90 Å². The molecule has 1 aromatic carbocycles. The van der Waals surface area contributed by atoms with Gasteiger partial charge < -0.3 is 15.4 Å². The first-order valence-corrected chi connectivity index (χ1v) is 6.76. The van der Waals surface area contributed by atoms with Crippen molar-refractivity contribution >= 4 is 5.91 Å². The molecular formula is C15H22N2O2. The van der Waals surface area contributed by atoms with E-state index in [2.05, 4.69) is 0 Å². The van der Waals surface area contributed by atoms with Gasteiger partial charge in [0.05, 0.1) is 24.7 Å². The number of ether oxygens (including phenoxy) is 1. The van der Waals surface area contributed by atoms with Crippen LogP contribution in [0.4, 0.5) is 0 Å². The SMILES string of the molecule is CC1COC(c2ccccc2)C(C)N1C(=O)[C@@H](C)N. The molecule has 0 aromatic heterocycles. The molecule has 19 heavy (non-hydrogen) atoms. The summed E-state index contributed by atoms with van der Waals surface area (Å²) in [6.45, 7) is 6.29. The van der Waals surface area contributed by atoms with Gasteiger partial charge in [-0.2, -0.15) is 0 Å². The Labute approximate surface area is 114 Å². The number of hydrogen-bond donors (Lipinski definition) is 1. The summed E-state index contributed by atoms with van der Waals surface area (Å²) in [6, 6.07) is 9.60. The van der Waals surface area contributed by atoms with Gasteiger partial charge >= 0.3 is 0 Å². The summed E-state index contributed by atoms with van der Waals surface area (Å²) < 4.78 is 5.91. The van der Waals surface area contributed by atoms with Crippen LogP contribution in [0.1, 0.15) is 32.4 Å². The Kier molecular flexibility index (Phi) is 4.22. The van der Waals surface area contributed by atoms with Crippen molar-refractivity contribution in [3.63, 3.8) is 0 Å². The minimum absolute atomic E-state index is 0.00958. The monoisotopic (exact) mass is 262 g/mol. The van der Waals surface area contributed by atoms with E-state index in [4.69, 9.17) is 10.5 Å². The normalized spacial score (nSPS) is 29.1. The van der Waals surface area contributed by atoms with Gasteiger partial charge in [-0.05, 0) is 26.3 Å². The summed E-state index contributed by atoms with van der Waals surface area (Å²) in [5.41, 5.74) is 6.84. The highest BCUT2D eigenvalue weighted by Crippen LogP contribution is 2.31. The van der Waals surface area contributed by atoms with Crippen molar-refractivity contribution in [1.29, 1.82) is 0 Å². The zero-order valence-electron chi connectivity index (χ0n) is 11.7. The number of carbonyl (C=O) groups excluding carboxylic acids is 1. The first-order chi connectivity index (χ1) is 9.02. The van der Waals surface area contributed by atoms with Gasteiger partial charge in [0.1, 0.15) is 6.10 Å². The summed E-state index contributed by atoms with van der Waals surface area (Å²) >= 11 is 0. The van der Waals surface area contributed by atoms with Crippen molar-refractivity contribution in [2.75, 3.05) is 6.61 Å². The zero-order chi connectivity index (χ0) is 14.0. The lowest BCUT2D eigenvalue weighted by Gasteiger charge is -2.44. The Hall–Kier alpha value is -1.39. The molecule has 0 aliphatic carbocycles. The third-order valence-corrected chi connectivity index (χ3v) is 3.64. The van der Waals surface area contributed by atoms with Gasteiger partial charge in [-0.25, -0.2) is 0 Å². The van der Waals surface area contributed by atoms with Gasteiger partial charge in [0.15, 0.2) is 0 Å². The Bertz CT molecular complexity index is 433. The molecule has 104 valence electrons. The van der Waals surface area contributed by atoms with Crippen molar-refractivity contribution < 1.29 is 9.53 Å². The molecule has 1 saturated heterocycles. The van der Waals surface area contributed by atoms with Crippen molar-refractivity contribution in [3.05, 3.63) is 35.9 Å². The van der Waals surface area contributed by atoms with Crippen LogP contribution >= 0.6 is 0 Å². The van der Waals surface area contributed by atoms with Crippen LogP contribution in [-0.4, -0.2) is 35.5 Å². The molecule has 1 aromatic rings. The number of nitrogens with two attached hydrogens (primary N) is 1. The van der Waals surface area contributed by atoms with E-state index in [9.17, 15) is 4.79 Å². The molecule has 0 spiro atoms. The van der Waals surface area contributed by atoms with E-state index < -0.39 is 6.04 Å². The second kappa shape index (κ2) is 5.72. The molecule has 4 heteroatoms. The van der Waals surface area contributed by atoms with Crippen molar-refractivity contribution in [2.45, 2.75) is 45.0 Å². The number of nitrogens with zero attached hydrogens (tertiary/aromatic N) is 1. The molecule has 1 fully saturated rings. The molecule has 1 aliphatic heterocycles. The third kappa shape index (κ3) is 2.80. The molecule has 1 aliphatic rings. The average Bonchev–Trinajstić information content (AvgIpc) is 2.39. The largest absolute Gasteiger partial charge is 0.369 e. The van der Waals surface area contributed by atoms with Crippen LogP contribution in [0.25, 0.3) is 0 Å². The lowest BCUT2D eigenvalue weighted by molar-refractivity contribution is -0.154. The molecule has 4 atom stereocenters. The van der Waals surface area contributed by atoms with Gasteiger partial charge in [0, 0.05) is 0 Å². The van der Waals surface area contributed by atoms with Gasteiger partial charge in [-0.1, -0.05) is 30.3 Å². The van der Waals surface area contributed by atoms with Crippen LogP contribution in [0, 0.1) is 0 Å². The fourth-order valence-electron chi connectivity index (χ4n) is 2.68. The third-order valence-electron chi connectivity index (χ3n) is 3.64. The first kappa shape index (κ1) is 14.0. The topological polar surface area (TPSA) is 55.6 Å². The van der Waals surface area contributed by atoms with Crippen LogP contribution in [0.15, 0.2) is 30.3 Å². The Morgan fingerprint density at radius 3 is 2.58 bits per heavy atom. The number of rotatable bonds is 2. The number of carbonyl (C=O) groups is 1. The Balaban J connectivity index is 2.23. The number of morpholine rings is 1. The lowest BCUT2D eigenvalue weighted by atomic mass is 9.98. The van der Waals surface area contributed by atoms with Gasteiger partial charge in [0.2, 0.25) is 5.91 Å². The molecule has 0 radical (unpaired) electrons. The first-order valence-electron chi connectivity index (χ1n) is 6.76. The minimum Gasteiger partial charge on any atom is -0.369 e. The summed E-state index contributed by atoms with van der Waals surface area (Å²) in [6.07, 6.45) is -0.0832. The van der Waals surface area contributed by atoms with Crippen LogP contribution in [0.5, 0.6) is 0 Å².